The third kappa shape index (κ3) is 6.99. The average molecular weight is 521 g/mol. The second-order valence-electron chi connectivity index (χ2n) is 8.15. The lowest BCUT2D eigenvalue weighted by Crippen LogP contribution is -2.36. The summed E-state index contributed by atoms with van der Waals surface area (Å²) in [5, 5.41) is 9.26. The molecule has 1 saturated carbocycles. The van der Waals surface area contributed by atoms with Crippen LogP contribution in [0.25, 0.3) is 10.6 Å². The van der Waals surface area contributed by atoms with Gasteiger partial charge >= 0.3 is 18.2 Å². The molecular weight excluding hydrogens is 497 g/mol. The topological polar surface area (TPSA) is 89.0 Å². The normalized spacial score (nSPS) is 18.4. The van der Waals surface area contributed by atoms with Crippen molar-refractivity contribution in [2.24, 2.45) is 5.92 Å². The van der Waals surface area contributed by atoms with Crippen molar-refractivity contribution in [1.29, 1.82) is 0 Å². The van der Waals surface area contributed by atoms with Gasteiger partial charge in [0.05, 0.1) is 32.6 Å². The van der Waals surface area contributed by atoms with Crippen molar-refractivity contribution in [1.82, 2.24) is 9.88 Å². The molecule has 1 aliphatic carbocycles. The maximum Gasteiger partial charge on any atom is 0.410 e. The first kappa shape index (κ1) is 26.1. The first-order valence-electron chi connectivity index (χ1n) is 10.5. The summed E-state index contributed by atoms with van der Waals surface area (Å²) >= 11 is 7.34. The van der Waals surface area contributed by atoms with Crippen LogP contribution in [0.2, 0.25) is 4.34 Å². The van der Waals surface area contributed by atoms with Crippen LogP contribution in [0.3, 0.4) is 0 Å². The molecule has 1 amide bonds. The number of carboxylic acids is 1. The van der Waals surface area contributed by atoms with E-state index in [1.54, 1.807) is 25.1 Å². The summed E-state index contributed by atoms with van der Waals surface area (Å²) in [5.74, 6) is -0.685. The molecule has 2 heterocycles. The van der Waals surface area contributed by atoms with Gasteiger partial charge in [-0.05, 0) is 50.8 Å². The molecular formula is C22H24ClF3N2O5S. The van der Waals surface area contributed by atoms with E-state index in [9.17, 15) is 27.9 Å². The summed E-state index contributed by atoms with van der Waals surface area (Å²) in [4.78, 5) is 28.8. The van der Waals surface area contributed by atoms with Gasteiger partial charge in [0.15, 0.2) is 0 Å². The molecule has 2 aromatic heterocycles. The number of thiophene rings is 1. The smallest absolute Gasteiger partial charge is 0.410 e. The van der Waals surface area contributed by atoms with E-state index in [0.29, 0.717) is 49.7 Å². The molecule has 1 aliphatic rings. The molecule has 12 heteroatoms. The Bertz CT molecular complexity index is 1050. The van der Waals surface area contributed by atoms with E-state index < -0.39 is 30.7 Å². The standard InChI is InChI=1S/C22H24ClF3N2O5S/c1-12-17(33-15-5-3-4-13(8-15)20(29)30)7-6-16(27-12)19-14(9-18(23)34-19)10-32-21(31)28(2)11-22(24,25)26/h6-7,9,13,15H,3-5,8,10-11H2,1-2H3,(H,29,30)/t13-,15-/m0/s1. The highest BCUT2D eigenvalue weighted by Crippen LogP contribution is 2.37. The van der Waals surface area contributed by atoms with Crippen LogP contribution in [0.1, 0.15) is 36.9 Å². The van der Waals surface area contributed by atoms with Gasteiger partial charge < -0.3 is 19.5 Å². The predicted octanol–water partition coefficient (Wildman–Crippen LogP) is 5.92. The number of carbonyl (C=O) groups excluding carboxylic acids is 1. The number of rotatable bonds is 7. The van der Waals surface area contributed by atoms with Crippen LogP contribution in [0.4, 0.5) is 18.0 Å². The van der Waals surface area contributed by atoms with Gasteiger partial charge in [0.1, 0.15) is 18.9 Å². The molecule has 0 aliphatic heterocycles. The van der Waals surface area contributed by atoms with E-state index in [1.165, 1.54) is 11.3 Å². The number of amides is 1. The molecule has 7 nitrogen and oxygen atoms in total. The summed E-state index contributed by atoms with van der Waals surface area (Å²) in [6.07, 6.45) is -3.21. The van der Waals surface area contributed by atoms with Crippen molar-refractivity contribution in [3.8, 4) is 16.3 Å². The van der Waals surface area contributed by atoms with E-state index in [4.69, 9.17) is 21.1 Å². The fraction of sp³-hybridized carbons (Fsp3) is 0.500. The summed E-state index contributed by atoms with van der Waals surface area (Å²) in [6, 6.07) is 5.03. The van der Waals surface area contributed by atoms with Crippen molar-refractivity contribution in [2.45, 2.75) is 51.5 Å². The van der Waals surface area contributed by atoms with Crippen LogP contribution in [0.5, 0.6) is 5.75 Å². The number of alkyl halides is 3. The Labute approximate surface area is 203 Å². The molecule has 2 atom stereocenters. The van der Waals surface area contributed by atoms with Gasteiger partial charge in [0.2, 0.25) is 0 Å². The van der Waals surface area contributed by atoms with E-state index >= 15 is 0 Å². The van der Waals surface area contributed by atoms with E-state index in [0.717, 1.165) is 19.9 Å². The van der Waals surface area contributed by atoms with E-state index in [2.05, 4.69) is 4.98 Å². The van der Waals surface area contributed by atoms with Crippen LogP contribution < -0.4 is 4.74 Å². The molecule has 0 unspecified atom stereocenters. The van der Waals surface area contributed by atoms with Gasteiger partial charge in [-0.15, -0.1) is 11.3 Å². The highest BCUT2D eigenvalue weighted by Gasteiger charge is 2.32. The minimum Gasteiger partial charge on any atom is -0.489 e. The van der Waals surface area contributed by atoms with Crippen molar-refractivity contribution in [2.75, 3.05) is 13.6 Å². The maximum absolute atomic E-state index is 12.5. The largest absolute Gasteiger partial charge is 0.489 e. The Kier molecular flexibility index (Phi) is 8.29. The monoisotopic (exact) mass is 520 g/mol. The van der Waals surface area contributed by atoms with Gasteiger partial charge in [-0.25, -0.2) is 9.78 Å². The van der Waals surface area contributed by atoms with Gasteiger partial charge in [-0.1, -0.05) is 11.6 Å². The number of aryl methyl sites for hydroxylation is 1. The molecule has 1 N–H and O–H groups in total. The highest BCUT2D eigenvalue weighted by atomic mass is 35.5. The van der Waals surface area contributed by atoms with Crippen LogP contribution in [-0.4, -0.2) is 52.9 Å². The molecule has 0 spiro atoms. The maximum atomic E-state index is 12.5. The Hall–Kier alpha value is -2.53. The van der Waals surface area contributed by atoms with Gasteiger partial charge in [0, 0.05) is 12.6 Å². The number of nitrogens with zero attached hydrogens (tertiary/aromatic N) is 2. The summed E-state index contributed by atoms with van der Waals surface area (Å²) in [6.45, 7) is 0.0774. The summed E-state index contributed by atoms with van der Waals surface area (Å²) in [5.41, 5.74) is 1.65. The Balaban J connectivity index is 1.69. The summed E-state index contributed by atoms with van der Waals surface area (Å²) in [7, 11) is 1.01. The van der Waals surface area contributed by atoms with Crippen molar-refractivity contribution in [3.05, 3.63) is 33.8 Å². The van der Waals surface area contributed by atoms with Gasteiger partial charge in [-0.2, -0.15) is 13.2 Å². The van der Waals surface area contributed by atoms with Crippen molar-refractivity contribution in [3.63, 3.8) is 0 Å². The fourth-order valence-electron chi connectivity index (χ4n) is 3.76. The van der Waals surface area contributed by atoms with Crippen LogP contribution in [0.15, 0.2) is 18.2 Å². The number of aromatic nitrogens is 1. The fourth-order valence-corrected chi connectivity index (χ4v) is 4.98. The third-order valence-corrected chi connectivity index (χ3v) is 6.73. The molecule has 1 fully saturated rings. The van der Waals surface area contributed by atoms with Crippen molar-refractivity contribution < 1.29 is 37.3 Å². The minimum atomic E-state index is -4.53. The number of hydrogen-bond acceptors (Lipinski definition) is 6. The lowest BCUT2D eigenvalue weighted by atomic mass is 9.87. The van der Waals surface area contributed by atoms with Crippen LogP contribution >= 0.6 is 22.9 Å². The zero-order valence-corrected chi connectivity index (χ0v) is 20.1. The Morgan fingerprint density at radius 2 is 2.06 bits per heavy atom. The lowest BCUT2D eigenvalue weighted by molar-refractivity contribution is -0.144. The molecule has 34 heavy (non-hydrogen) atoms. The first-order valence-corrected chi connectivity index (χ1v) is 11.7. The number of halogens is 4. The lowest BCUT2D eigenvalue weighted by Gasteiger charge is -2.27. The van der Waals surface area contributed by atoms with Gasteiger partial charge in [0.25, 0.3) is 0 Å². The molecule has 186 valence electrons. The number of hydrogen-bond donors (Lipinski definition) is 1. The number of pyridine rings is 1. The SMILES string of the molecule is Cc1nc(-c2sc(Cl)cc2COC(=O)N(C)CC(F)(F)F)ccc1O[C@H]1CCC[C@H](C(=O)O)C1. The van der Waals surface area contributed by atoms with E-state index in [-0.39, 0.29) is 12.7 Å². The molecule has 0 bridgehead atoms. The quantitative estimate of drug-likeness (QED) is 0.487. The molecule has 0 radical (unpaired) electrons. The highest BCUT2D eigenvalue weighted by molar-refractivity contribution is 7.19. The molecule has 0 saturated heterocycles. The number of ether oxygens (including phenoxy) is 2. The van der Waals surface area contributed by atoms with Crippen LogP contribution in [0, 0.1) is 12.8 Å². The minimum absolute atomic E-state index is 0.207. The number of carbonyl (C=O) groups is 2. The predicted molar refractivity (Wildman–Crippen MR) is 120 cm³/mol. The van der Waals surface area contributed by atoms with Crippen LogP contribution in [-0.2, 0) is 16.1 Å². The third-order valence-electron chi connectivity index (χ3n) is 5.40. The molecule has 3 rings (SSSR count). The Morgan fingerprint density at radius 1 is 1.32 bits per heavy atom. The summed E-state index contributed by atoms with van der Waals surface area (Å²) < 4.78 is 48.9. The Morgan fingerprint density at radius 3 is 2.71 bits per heavy atom. The average Bonchev–Trinajstić information content (AvgIpc) is 3.13. The first-order chi connectivity index (χ1) is 15.9. The molecule has 2 aromatic rings. The zero-order chi connectivity index (χ0) is 25.0. The van der Waals surface area contributed by atoms with Crippen molar-refractivity contribution >= 4 is 35.0 Å². The van der Waals surface area contributed by atoms with Gasteiger partial charge in [-0.3, -0.25) is 4.79 Å². The van der Waals surface area contributed by atoms with E-state index in [1.807, 2.05) is 0 Å². The second kappa shape index (κ2) is 10.8. The molecule has 0 aromatic carbocycles. The second-order valence-corrected chi connectivity index (χ2v) is 9.84. The zero-order valence-electron chi connectivity index (χ0n) is 18.5. The number of aliphatic carboxylic acids is 1. The number of carboxylic acid groups (broad SMARTS) is 1.